The third-order valence-electron chi connectivity index (χ3n) is 4.15. The highest BCUT2D eigenvalue weighted by Gasteiger charge is 2.18. The normalized spacial score (nSPS) is 11.7. The molecule has 3 aromatic carbocycles. The maximum Gasteiger partial charge on any atom is 0.339 e. The average molecular weight is 385 g/mol. The molecule has 0 saturated heterocycles. The molecule has 3 rings (SSSR count). The smallest absolute Gasteiger partial charge is 0.339 e. The second kappa shape index (κ2) is 7.38. The fourth-order valence-electron chi connectivity index (χ4n) is 2.67. The standard InChI is InChI=1S/C20H19NO5S/c1-21(2)27(24,25)17-9-5-6-14(10-17)13-26-19-12-16-8-4-3-7-15(16)11-18(19)20(22)23/h3-12H,13H2,1-2H3,(H,22,23). The third-order valence-corrected chi connectivity index (χ3v) is 5.96. The number of sulfonamides is 1. The van der Waals surface area contributed by atoms with Gasteiger partial charge in [-0.3, -0.25) is 0 Å². The minimum absolute atomic E-state index is 0.0510. The quantitative estimate of drug-likeness (QED) is 0.703. The zero-order valence-corrected chi connectivity index (χ0v) is 15.7. The highest BCUT2D eigenvalue weighted by molar-refractivity contribution is 7.89. The topological polar surface area (TPSA) is 83.9 Å². The first-order valence-electron chi connectivity index (χ1n) is 8.19. The molecule has 0 atom stereocenters. The lowest BCUT2D eigenvalue weighted by molar-refractivity contribution is 0.0692. The number of aromatic carboxylic acids is 1. The highest BCUT2D eigenvalue weighted by Crippen LogP contribution is 2.27. The molecule has 6 nitrogen and oxygen atoms in total. The lowest BCUT2D eigenvalue weighted by Crippen LogP contribution is -2.22. The van der Waals surface area contributed by atoms with E-state index in [1.54, 1.807) is 24.3 Å². The van der Waals surface area contributed by atoms with Gasteiger partial charge in [0, 0.05) is 14.1 Å². The Balaban J connectivity index is 1.91. The van der Waals surface area contributed by atoms with Crippen molar-refractivity contribution in [3.63, 3.8) is 0 Å². The number of hydrogen-bond acceptors (Lipinski definition) is 4. The van der Waals surface area contributed by atoms with Crippen LogP contribution in [0.15, 0.2) is 65.6 Å². The van der Waals surface area contributed by atoms with Gasteiger partial charge in [0.1, 0.15) is 17.9 Å². The summed E-state index contributed by atoms with van der Waals surface area (Å²) in [4.78, 5) is 11.7. The molecule has 7 heteroatoms. The van der Waals surface area contributed by atoms with E-state index in [1.165, 1.54) is 26.2 Å². The summed E-state index contributed by atoms with van der Waals surface area (Å²) in [6.07, 6.45) is 0. The van der Waals surface area contributed by atoms with E-state index in [0.29, 0.717) is 5.56 Å². The highest BCUT2D eigenvalue weighted by atomic mass is 32.2. The lowest BCUT2D eigenvalue weighted by Gasteiger charge is -2.14. The molecule has 0 aliphatic heterocycles. The molecule has 1 N–H and O–H groups in total. The van der Waals surface area contributed by atoms with E-state index in [1.807, 2.05) is 24.3 Å². The zero-order chi connectivity index (χ0) is 19.6. The van der Waals surface area contributed by atoms with Crippen LogP contribution in [0.2, 0.25) is 0 Å². The molecule has 0 saturated carbocycles. The van der Waals surface area contributed by atoms with E-state index in [-0.39, 0.29) is 22.8 Å². The van der Waals surface area contributed by atoms with Gasteiger partial charge in [-0.15, -0.1) is 0 Å². The molecule has 0 heterocycles. The van der Waals surface area contributed by atoms with Gasteiger partial charge in [0.2, 0.25) is 10.0 Å². The number of nitrogens with zero attached hydrogens (tertiary/aromatic N) is 1. The van der Waals surface area contributed by atoms with Gasteiger partial charge in [0.25, 0.3) is 0 Å². The number of carbonyl (C=O) groups is 1. The molecule has 0 spiro atoms. The second-order valence-corrected chi connectivity index (χ2v) is 8.38. The van der Waals surface area contributed by atoms with Gasteiger partial charge in [-0.25, -0.2) is 17.5 Å². The number of hydrogen-bond donors (Lipinski definition) is 1. The van der Waals surface area contributed by atoms with Crippen LogP contribution in [0.4, 0.5) is 0 Å². The van der Waals surface area contributed by atoms with E-state index in [9.17, 15) is 18.3 Å². The molecule has 0 amide bonds. The number of ether oxygens (including phenoxy) is 1. The second-order valence-electron chi connectivity index (χ2n) is 6.22. The summed E-state index contributed by atoms with van der Waals surface area (Å²) >= 11 is 0. The molecule has 0 radical (unpaired) electrons. The van der Waals surface area contributed by atoms with Crippen LogP contribution < -0.4 is 4.74 Å². The SMILES string of the molecule is CN(C)S(=O)(=O)c1cccc(COc2cc3ccccc3cc2C(=O)O)c1. The van der Waals surface area contributed by atoms with Crippen LogP contribution in [0.1, 0.15) is 15.9 Å². The summed E-state index contributed by atoms with van der Waals surface area (Å²) in [5.74, 6) is -0.846. The predicted octanol–water partition coefficient (Wildman–Crippen LogP) is 3.37. The summed E-state index contributed by atoms with van der Waals surface area (Å²) in [7, 11) is -0.619. The summed E-state index contributed by atoms with van der Waals surface area (Å²) in [6, 6.07) is 17.1. The molecule has 27 heavy (non-hydrogen) atoms. The van der Waals surface area contributed by atoms with Crippen LogP contribution in [-0.2, 0) is 16.6 Å². The van der Waals surface area contributed by atoms with Crippen molar-refractivity contribution < 1.29 is 23.1 Å². The molecule has 0 bridgehead atoms. The first-order valence-corrected chi connectivity index (χ1v) is 9.63. The minimum atomic E-state index is -3.55. The lowest BCUT2D eigenvalue weighted by atomic mass is 10.1. The van der Waals surface area contributed by atoms with Gasteiger partial charge in [-0.2, -0.15) is 0 Å². The van der Waals surface area contributed by atoms with Gasteiger partial charge < -0.3 is 9.84 Å². The minimum Gasteiger partial charge on any atom is -0.488 e. The monoisotopic (exact) mass is 385 g/mol. The van der Waals surface area contributed by atoms with Crippen molar-refractivity contribution >= 4 is 26.8 Å². The molecule has 0 aliphatic rings. The fourth-order valence-corrected chi connectivity index (χ4v) is 3.65. The van der Waals surface area contributed by atoms with E-state index in [4.69, 9.17) is 4.74 Å². The first-order chi connectivity index (χ1) is 12.8. The van der Waals surface area contributed by atoms with Crippen molar-refractivity contribution in [3.8, 4) is 5.75 Å². The van der Waals surface area contributed by atoms with Gasteiger partial charge >= 0.3 is 5.97 Å². The molecule has 0 unspecified atom stereocenters. The van der Waals surface area contributed by atoms with Crippen molar-refractivity contribution in [1.82, 2.24) is 4.31 Å². The van der Waals surface area contributed by atoms with E-state index in [0.717, 1.165) is 15.1 Å². The summed E-state index contributed by atoms with van der Waals surface area (Å²) < 4.78 is 31.4. The summed E-state index contributed by atoms with van der Waals surface area (Å²) in [5, 5.41) is 11.1. The molecule has 0 aromatic heterocycles. The van der Waals surface area contributed by atoms with Crippen molar-refractivity contribution in [3.05, 3.63) is 71.8 Å². The summed E-state index contributed by atoms with van der Waals surface area (Å²) in [6.45, 7) is 0.0510. The Kier molecular flexibility index (Phi) is 5.16. The number of benzene rings is 3. The van der Waals surface area contributed by atoms with Crippen LogP contribution in [0.3, 0.4) is 0 Å². The zero-order valence-electron chi connectivity index (χ0n) is 14.9. The maximum atomic E-state index is 12.3. The number of rotatable bonds is 6. The molecule has 3 aromatic rings. The Hall–Kier alpha value is -2.90. The molecule has 0 aliphatic carbocycles. The van der Waals surface area contributed by atoms with Crippen LogP contribution in [-0.4, -0.2) is 37.9 Å². The van der Waals surface area contributed by atoms with E-state index in [2.05, 4.69) is 0 Å². The van der Waals surface area contributed by atoms with Crippen molar-refractivity contribution in [2.24, 2.45) is 0 Å². The Morgan fingerprint density at radius 3 is 2.30 bits per heavy atom. The van der Waals surface area contributed by atoms with Crippen molar-refractivity contribution in [1.29, 1.82) is 0 Å². The first kappa shape index (κ1) is 18.9. The van der Waals surface area contributed by atoms with Crippen molar-refractivity contribution in [2.75, 3.05) is 14.1 Å². The largest absolute Gasteiger partial charge is 0.488 e. The molecule has 0 fully saturated rings. The maximum absolute atomic E-state index is 12.3. The van der Waals surface area contributed by atoms with Gasteiger partial charge in [-0.1, -0.05) is 36.4 Å². The molecule has 140 valence electrons. The van der Waals surface area contributed by atoms with Crippen LogP contribution in [0.25, 0.3) is 10.8 Å². The van der Waals surface area contributed by atoms with Gasteiger partial charge in [0.05, 0.1) is 4.90 Å². The van der Waals surface area contributed by atoms with Crippen molar-refractivity contribution in [2.45, 2.75) is 11.5 Å². The Bertz CT molecular complexity index is 1110. The molecular formula is C20H19NO5S. The van der Waals surface area contributed by atoms with Gasteiger partial charge in [0.15, 0.2) is 0 Å². The number of carboxylic acids is 1. The summed E-state index contributed by atoms with van der Waals surface area (Å²) in [5.41, 5.74) is 0.688. The predicted molar refractivity (Wildman–Crippen MR) is 103 cm³/mol. The number of carboxylic acid groups (broad SMARTS) is 1. The van der Waals surface area contributed by atoms with Crippen LogP contribution >= 0.6 is 0 Å². The van der Waals surface area contributed by atoms with E-state index >= 15 is 0 Å². The van der Waals surface area contributed by atoms with Crippen LogP contribution in [0.5, 0.6) is 5.75 Å². The molecular weight excluding hydrogens is 366 g/mol. The number of fused-ring (bicyclic) bond motifs is 1. The third kappa shape index (κ3) is 3.94. The Morgan fingerprint density at radius 1 is 1.00 bits per heavy atom. The van der Waals surface area contributed by atoms with Gasteiger partial charge in [-0.05, 0) is 40.6 Å². The Labute approximate surface area is 157 Å². The Morgan fingerprint density at radius 2 is 1.67 bits per heavy atom. The van der Waals surface area contributed by atoms with E-state index < -0.39 is 16.0 Å². The average Bonchev–Trinajstić information content (AvgIpc) is 2.65. The van der Waals surface area contributed by atoms with Crippen LogP contribution in [0, 0.1) is 0 Å². The fraction of sp³-hybridized carbons (Fsp3) is 0.150.